The Hall–Kier alpha value is -1.66. The van der Waals surface area contributed by atoms with E-state index < -0.39 is 10.7 Å². The summed E-state index contributed by atoms with van der Waals surface area (Å²) in [5.74, 6) is -1.31. The van der Waals surface area contributed by atoms with Crippen LogP contribution in [0.3, 0.4) is 0 Å². The highest BCUT2D eigenvalue weighted by Crippen LogP contribution is 2.43. The number of hydrogen-bond donors (Lipinski definition) is 0. The molecule has 0 aliphatic heterocycles. The van der Waals surface area contributed by atoms with E-state index in [2.05, 4.69) is 20.9 Å². The number of aromatic nitrogens is 1. The van der Waals surface area contributed by atoms with E-state index in [9.17, 15) is 14.7 Å². The van der Waals surface area contributed by atoms with E-state index >= 15 is 0 Å². The Balaban J connectivity index is 2.49. The van der Waals surface area contributed by atoms with Gasteiger partial charge in [0.2, 0.25) is 0 Å². The molecule has 1 aromatic heterocycles. The number of rotatable bonds is 6. The number of carboxylic acid groups (broad SMARTS) is 1. The second-order valence-electron chi connectivity index (χ2n) is 4.26. The molecule has 0 N–H and O–H groups in total. The van der Waals surface area contributed by atoms with Crippen molar-refractivity contribution in [1.82, 2.24) is 4.98 Å². The van der Waals surface area contributed by atoms with Crippen molar-refractivity contribution in [1.29, 1.82) is 0 Å². The fraction of sp³-hybridized carbons (Fsp3) is 0.133. The van der Waals surface area contributed by atoms with Gasteiger partial charge in [-0.2, -0.15) is 0 Å². The van der Waals surface area contributed by atoms with Crippen LogP contribution in [0.4, 0.5) is 0 Å². The van der Waals surface area contributed by atoms with Crippen molar-refractivity contribution in [2.45, 2.75) is 16.2 Å². The molecule has 0 bridgehead atoms. The van der Waals surface area contributed by atoms with Gasteiger partial charge in [-0.3, -0.25) is 0 Å². The number of carboxylic acids is 1. The zero-order valence-electron chi connectivity index (χ0n) is 10.9. The maximum absolute atomic E-state index is 11.8. The van der Waals surface area contributed by atoms with Crippen LogP contribution in [0.5, 0.6) is 0 Å². The zero-order chi connectivity index (χ0) is 15.3. The summed E-state index contributed by atoms with van der Waals surface area (Å²) in [6.45, 7) is 0. The van der Waals surface area contributed by atoms with Gasteiger partial charge in [-0.05, 0) is 29.8 Å². The predicted octanol–water partition coefficient (Wildman–Crippen LogP) is 2.17. The van der Waals surface area contributed by atoms with Gasteiger partial charge in [-0.1, -0.05) is 45.9 Å². The monoisotopic (exact) mass is 364 g/mol. The Morgan fingerprint density at radius 3 is 2.52 bits per heavy atom. The quantitative estimate of drug-likeness (QED) is 0.580. The van der Waals surface area contributed by atoms with E-state index in [0.717, 1.165) is 16.2 Å². The highest BCUT2D eigenvalue weighted by molar-refractivity contribution is 9.10. The largest absolute Gasteiger partial charge is 0.548 e. The lowest BCUT2D eigenvalue weighted by Gasteiger charge is -2.32. The van der Waals surface area contributed by atoms with Gasteiger partial charge in [0, 0.05) is 17.1 Å². The van der Waals surface area contributed by atoms with Gasteiger partial charge in [0.1, 0.15) is 6.29 Å². The SMILES string of the molecule is O=CCC(Sc1ccccn1)(C(=O)[O-])c1ccc(Br)cc1. The molecule has 0 radical (unpaired) electrons. The standard InChI is InChI=1S/C15H12BrNO3S/c16-12-6-4-11(5-7-12)15(8-10-18,14(19)20)21-13-3-1-2-9-17-13/h1-7,9-10H,8H2,(H,19,20)/p-1. The summed E-state index contributed by atoms with van der Waals surface area (Å²) in [6, 6.07) is 12.0. The Kier molecular flexibility index (Phi) is 5.14. The van der Waals surface area contributed by atoms with E-state index in [4.69, 9.17) is 0 Å². The van der Waals surface area contributed by atoms with Gasteiger partial charge in [0.05, 0.1) is 15.7 Å². The Labute approximate surface area is 134 Å². The van der Waals surface area contributed by atoms with Crippen molar-refractivity contribution in [2.75, 3.05) is 0 Å². The minimum atomic E-state index is -1.49. The number of benzene rings is 1. The highest BCUT2D eigenvalue weighted by atomic mass is 79.9. The molecular weight excluding hydrogens is 354 g/mol. The van der Waals surface area contributed by atoms with Gasteiger partial charge < -0.3 is 14.7 Å². The second-order valence-corrected chi connectivity index (χ2v) is 6.50. The van der Waals surface area contributed by atoms with E-state index in [1.807, 2.05) is 0 Å². The summed E-state index contributed by atoms with van der Waals surface area (Å²) in [5.41, 5.74) is 0.494. The molecule has 21 heavy (non-hydrogen) atoms. The molecule has 0 aliphatic carbocycles. The molecule has 1 unspecified atom stereocenters. The molecular formula is C15H11BrNO3S-. The molecule has 1 aromatic carbocycles. The van der Waals surface area contributed by atoms with Crippen LogP contribution >= 0.6 is 27.7 Å². The first-order valence-corrected chi connectivity index (χ1v) is 7.70. The van der Waals surface area contributed by atoms with Crippen LogP contribution < -0.4 is 5.11 Å². The third-order valence-electron chi connectivity index (χ3n) is 2.93. The summed E-state index contributed by atoms with van der Waals surface area (Å²) in [6.07, 6.45) is 1.97. The normalized spacial score (nSPS) is 13.4. The van der Waals surface area contributed by atoms with Crippen LogP contribution in [-0.4, -0.2) is 17.2 Å². The van der Waals surface area contributed by atoms with E-state index in [0.29, 0.717) is 16.9 Å². The fourth-order valence-corrected chi connectivity index (χ4v) is 3.25. The third-order valence-corrected chi connectivity index (χ3v) is 4.82. The minimum Gasteiger partial charge on any atom is -0.548 e. The van der Waals surface area contributed by atoms with E-state index in [1.54, 1.807) is 48.7 Å². The number of carbonyl (C=O) groups is 2. The number of thioether (sulfide) groups is 1. The van der Waals surface area contributed by atoms with Gasteiger partial charge in [0.25, 0.3) is 0 Å². The minimum absolute atomic E-state index is 0.196. The molecule has 2 aromatic rings. The summed E-state index contributed by atoms with van der Waals surface area (Å²) in [7, 11) is 0. The predicted molar refractivity (Wildman–Crippen MR) is 81.6 cm³/mol. The average Bonchev–Trinajstić information content (AvgIpc) is 2.48. The topological polar surface area (TPSA) is 70.1 Å². The van der Waals surface area contributed by atoms with Crippen molar-refractivity contribution >= 4 is 39.9 Å². The van der Waals surface area contributed by atoms with E-state index in [-0.39, 0.29) is 6.42 Å². The molecule has 1 atom stereocenters. The maximum atomic E-state index is 11.8. The maximum Gasteiger partial charge on any atom is 0.122 e. The molecule has 0 saturated heterocycles. The first-order chi connectivity index (χ1) is 10.1. The molecule has 0 amide bonds. The highest BCUT2D eigenvalue weighted by Gasteiger charge is 2.35. The second kappa shape index (κ2) is 6.87. The fourth-order valence-electron chi connectivity index (χ4n) is 1.88. The first-order valence-electron chi connectivity index (χ1n) is 6.09. The summed E-state index contributed by atoms with van der Waals surface area (Å²) < 4.78 is -0.663. The molecule has 1 heterocycles. The smallest absolute Gasteiger partial charge is 0.122 e. The van der Waals surface area contributed by atoms with Crippen LogP contribution in [-0.2, 0) is 14.3 Å². The molecule has 2 rings (SSSR count). The molecule has 0 spiro atoms. The zero-order valence-corrected chi connectivity index (χ0v) is 13.3. The van der Waals surface area contributed by atoms with Crippen LogP contribution in [0.15, 0.2) is 58.2 Å². The number of halogens is 1. The molecule has 108 valence electrons. The molecule has 0 fully saturated rings. The van der Waals surface area contributed by atoms with Crippen molar-refractivity contribution < 1.29 is 14.7 Å². The van der Waals surface area contributed by atoms with Crippen molar-refractivity contribution in [3.63, 3.8) is 0 Å². The molecule has 0 saturated carbocycles. The lowest BCUT2D eigenvalue weighted by Crippen LogP contribution is -2.44. The van der Waals surface area contributed by atoms with Crippen LogP contribution in [0.1, 0.15) is 12.0 Å². The number of aldehydes is 1. The van der Waals surface area contributed by atoms with Crippen molar-refractivity contribution in [3.8, 4) is 0 Å². The Morgan fingerprint density at radius 1 is 1.29 bits per heavy atom. The van der Waals surface area contributed by atoms with Gasteiger partial charge >= 0.3 is 0 Å². The van der Waals surface area contributed by atoms with Gasteiger partial charge in [-0.25, -0.2) is 4.98 Å². The number of carbonyl (C=O) groups excluding carboxylic acids is 2. The Bertz CT molecular complexity index is 633. The van der Waals surface area contributed by atoms with Crippen molar-refractivity contribution in [3.05, 3.63) is 58.7 Å². The van der Waals surface area contributed by atoms with Crippen LogP contribution in [0.25, 0.3) is 0 Å². The lowest BCUT2D eigenvalue weighted by molar-refractivity contribution is -0.309. The third kappa shape index (κ3) is 3.51. The average molecular weight is 365 g/mol. The number of aliphatic carboxylic acids is 1. The van der Waals surface area contributed by atoms with E-state index in [1.165, 1.54) is 0 Å². The Morgan fingerprint density at radius 2 is 2.00 bits per heavy atom. The van der Waals surface area contributed by atoms with Crippen LogP contribution in [0.2, 0.25) is 0 Å². The lowest BCUT2D eigenvalue weighted by atomic mass is 9.95. The summed E-state index contributed by atoms with van der Waals surface area (Å²) in [5, 5.41) is 12.3. The molecule has 0 aliphatic rings. The van der Waals surface area contributed by atoms with Crippen molar-refractivity contribution in [2.24, 2.45) is 0 Å². The number of pyridine rings is 1. The van der Waals surface area contributed by atoms with Crippen LogP contribution in [0, 0.1) is 0 Å². The molecule has 4 nitrogen and oxygen atoms in total. The number of hydrogen-bond acceptors (Lipinski definition) is 5. The summed E-state index contributed by atoms with van der Waals surface area (Å²) in [4.78, 5) is 26.9. The van der Waals surface area contributed by atoms with Gasteiger partial charge in [-0.15, -0.1) is 0 Å². The summed E-state index contributed by atoms with van der Waals surface area (Å²) >= 11 is 4.31. The first kappa shape index (κ1) is 15.7. The number of nitrogens with zero attached hydrogens (tertiary/aromatic N) is 1. The molecule has 6 heteroatoms. The van der Waals surface area contributed by atoms with Gasteiger partial charge in [0.15, 0.2) is 0 Å².